The van der Waals surface area contributed by atoms with Crippen molar-refractivity contribution in [2.45, 2.75) is 27.2 Å². The average molecular weight is 433 g/mol. The van der Waals surface area contributed by atoms with Crippen molar-refractivity contribution in [1.29, 1.82) is 0 Å². The van der Waals surface area contributed by atoms with E-state index in [0.29, 0.717) is 0 Å². The molecule has 3 rings (SSSR count). The molecule has 0 saturated carbocycles. The fourth-order valence-corrected chi connectivity index (χ4v) is 2.98. The van der Waals surface area contributed by atoms with Crippen LogP contribution < -0.4 is 10.6 Å². The van der Waals surface area contributed by atoms with Crippen molar-refractivity contribution in [3.05, 3.63) is 110 Å². The molecule has 2 heteroatoms. The summed E-state index contributed by atoms with van der Waals surface area (Å²) < 4.78 is 0. The molecule has 0 aliphatic heterocycles. The van der Waals surface area contributed by atoms with Gasteiger partial charge in [0.2, 0.25) is 0 Å². The SMILES string of the molecule is C=C(CC)c1ccc(-c2ccc(P)cc2)cc1.C=CC(=C)c1ccc(P)cc1.CC. The van der Waals surface area contributed by atoms with Gasteiger partial charge in [0.1, 0.15) is 0 Å². The Bertz CT molecular complexity index is 931. The van der Waals surface area contributed by atoms with Crippen molar-refractivity contribution in [3.63, 3.8) is 0 Å². The molecule has 0 heterocycles. The van der Waals surface area contributed by atoms with Gasteiger partial charge in [-0.3, -0.25) is 0 Å². The van der Waals surface area contributed by atoms with Crippen LogP contribution in [0, 0.1) is 0 Å². The molecule has 0 aromatic heterocycles. The Labute approximate surface area is 188 Å². The van der Waals surface area contributed by atoms with Crippen LogP contribution in [0.5, 0.6) is 0 Å². The van der Waals surface area contributed by atoms with Crippen LogP contribution >= 0.6 is 18.5 Å². The van der Waals surface area contributed by atoms with Crippen molar-refractivity contribution in [1.82, 2.24) is 0 Å². The van der Waals surface area contributed by atoms with Crippen LogP contribution in [0.3, 0.4) is 0 Å². The highest BCUT2D eigenvalue weighted by atomic mass is 31.0. The van der Waals surface area contributed by atoms with Crippen molar-refractivity contribution >= 4 is 40.2 Å². The lowest BCUT2D eigenvalue weighted by Gasteiger charge is -2.06. The van der Waals surface area contributed by atoms with E-state index in [2.05, 4.69) is 93.7 Å². The lowest BCUT2D eigenvalue weighted by Crippen LogP contribution is -1.88. The molecular formula is C28H34P2. The third kappa shape index (κ3) is 8.23. The summed E-state index contributed by atoms with van der Waals surface area (Å²) in [5.74, 6) is 0. The number of rotatable bonds is 5. The van der Waals surface area contributed by atoms with E-state index in [1.807, 2.05) is 38.1 Å². The molecule has 0 aliphatic carbocycles. The highest BCUT2D eigenvalue weighted by molar-refractivity contribution is 7.27. The van der Waals surface area contributed by atoms with Gasteiger partial charge in [-0.25, -0.2) is 0 Å². The zero-order valence-electron chi connectivity index (χ0n) is 18.5. The van der Waals surface area contributed by atoms with Gasteiger partial charge in [0.25, 0.3) is 0 Å². The molecule has 2 unspecified atom stereocenters. The summed E-state index contributed by atoms with van der Waals surface area (Å²) in [7, 11) is 5.35. The fraction of sp³-hybridized carbons (Fsp3) is 0.143. The molecule has 2 atom stereocenters. The van der Waals surface area contributed by atoms with E-state index in [1.165, 1.54) is 32.9 Å². The van der Waals surface area contributed by atoms with Gasteiger partial charge in [0.05, 0.1) is 0 Å². The standard InChI is InChI=1S/C16H17P.C10H11P.C2H6/c1-3-12(2)13-4-6-14(7-5-13)15-8-10-16(17)11-9-15;1-3-8(2)9-4-6-10(11)7-5-9;1-2/h4-11H,2-3,17H2,1H3;3-7H,1-2,11H2;1-2H3. The van der Waals surface area contributed by atoms with Crippen LogP contribution in [-0.4, -0.2) is 0 Å². The number of hydrogen-bond donors (Lipinski definition) is 0. The maximum Gasteiger partial charge on any atom is -0.0184 e. The van der Waals surface area contributed by atoms with Crippen LogP contribution in [-0.2, 0) is 0 Å². The molecule has 0 fully saturated rings. The highest BCUT2D eigenvalue weighted by Gasteiger charge is 1.99. The molecule has 0 bridgehead atoms. The van der Waals surface area contributed by atoms with Gasteiger partial charge in [0.15, 0.2) is 0 Å². The first-order chi connectivity index (χ1) is 14.4. The molecule has 0 N–H and O–H groups in total. The maximum atomic E-state index is 4.05. The zero-order valence-corrected chi connectivity index (χ0v) is 20.8. The van der Waals surface area contributed by atoms with Crippen molar-refractivity contribution < 1.29 is 0 Å². The summed E-state index contributed by atoms with van der Waals surface area (Å²) in [6.45, 7) is 17.7. The van der Waals surface area contributed by atoms with Gasteiger partial charge < -0.3 is 0 Å². The average Bonchev–Trinajstić information content (AvgIpc) is 2.81. The molecule has 0 nitrogen and oxygen atoms in total. The van der Waals surface area contributed by atoms with E-state index >= 15 is 0 Å². The number of hydrogen-bond acceptors (Lipinski definition) is 0. The lowest BCUT2D eigenvalue weighted by molar-refractivity contribution is 1.24. The van der Waals surface area contributed by atoms with Crippen LogP contribution in [0.25, 0.3) is 22.3 Å². The Balaban J connectivity index is 0.000000300. The molecule has 0 aliphatic rings. The van der Waals surface area contributed by atoms with Gasteiger partial charge >= 0.3 is 0 Å². The van der Waals surface area contributed by atoms with Crippen molar-refractivity contribution in [2.24, 2.45) is 0 Å². The Morgan fingerprint density at radius 3 is 1.47 bits per heavy atom. The van der Waals surface area contributed by atoms with Crippen molar-refractivity contribution in [3.8, 4) is 11.1 Å². The second-order valence-electron chi connectivity index (χ2n) is 6.51. The van der Waals surface area contributed by atoms with E-state index in [0.717, 1.165) is 17.6 Å². The third-order valence-corrected chi connectivity index (χ3v) is 5.26. The topological polar surface area (TPSA) is 0 Å². The van der Waals surface area contributed by atoms with Crippen LogP contribution in [0.2, 0.25) is 0 Å². The lowest BCUT2D eigenvalue weighted by atomic mass is 10.0. The highest BCUT2D eigenvalue weighted by Crippen LogP contribution is 2.22. The molecule has 30 heavy (non-hydrogen) atoms. The monoisotopic (exact) mass is 432 g/mol. The first-order valence-electron chi connectivity index (χ1n) is 10.3. The molecule has 156 valence electrons. The number of benzene rings is 3. The van der Waals surface area contributed by atoms with Gasteiger partial charge in [-0.15, -0.1) is 18.5 Å². The van der Waals surface area contributed by atoms with E-state index in [-0.39, 0.29) is 0 Å². The Hall–Kier alpha value is -2.26. The Morgan fingerprint density at radius 1 is 0.700 bits per heavy atom. The molecule has 0 saturated heterocycles. The van der Waals surface area contributed by atoms with E-state index in [9.17, 15) is 0 Å². The van der Waals surface area contributed by atoms with Gasteiger partial charge in [-0.05, 0) is 50.4 Å². The van der Waals surface area contributed by atoms with Gasteiger partial charge in [0, 0.05) is 0 Å². The summed E-state index contributed by atoms with van der Waals surface area (Å²) in [6, 6.07) is 25.3. The molecular weight excluding hydrogens is 398 g/mol. The quantitative estimate of drug-likeness (QED) is 0.286. The zero-order chi connectivity index (χ0) is 22.5. The minimum Gasteiger partial charge on any atom is -0.106 e. The molecule has 3 aromatic carbocycles. The van der Waals surface area contributed by atoms with Gasteiger partial charge in [-0.2, -0.15) is 0 Å². The molecule has 3 aromatic rings. The summed E-state index contributed by atoms with van der Waals surface area (Å²) in [5.41, 5.74) is 7.03. The number of allylic oxidation sites excluding steroid dienone is 3. The third-order valence-electron chi connectivity index (χ3n) is 4.49. The fourth-order valence-electron chi connectivity index (χ4n) is 2.59. The summed E-state index contributed by atoms with van der Waals surface area (Å²) in [5, 5.41) is 2.40. The van der Waals surface area contributed by atoms with Crippen LogP contribution in [0.15, 0.2) is 98.6 Å². The smallest absolute Gasteiger partial charge is 0.0184 e. The molecule has 0 amide bonds. The van der Waals surface area contributed by atoms with E-state index < -0.39 is 0 Å². The largest absolute Gasteiger partial charge is 0.106 e. The molecule has 0 spiro atoms. The predicted octanol–water partition coefficient (Wildman–Crippen LogP) is 7.69. The van der Waals surface area contributed by atoms with E-state index in [4.69, 9.17) is 0 Å². The first kappa shape index (κ1) is 25.8. The van der Waals surface area contributed by atoms with E-state index in [1.54, 1.807) is 6.08 Å². The normalized spacial score (nSPS) is 9.37. The van der Waals surface area contributed by atoms with Gasteiger partial charge in [-0.1, -0.05) is 119 Å². The summed E-state index contributed by atoms with van der Waals surface area (Å²) >= 11 is 0. The predicted molar refractivity (Wildman–Crippen MR) is 147 cm³/mol. The van der Waals surface area contributed by atoms with Crippen molar-refractivity contribution in [2.75, 3.05) is 0 Å². The second-order valence-corrected chi connectivity index (χ2v) is 7.84. The second kappa shape index (κ2) is 13.9. The maximum absolute atomic E-state index is 4.05. The molecule has 0 radical (unpaired) electrons. The van der Waals surface area contributed by atoms with Crippen LogP contribution in [0.1, 0.15) is 38.3 Å². The first-order valence-corrected chi connectivity index (χ1v) is 11.4. The minimum atomic E-state index is 0.968. The minimum absolute atomic E-state index is 0.968. The van der Waals surface area contributed by atoms with Crippen LogP contribution in [0.4, 0.5) is 0 Å². The Kier molecular flexibility index (Phi) is 11.9. The summed E-state index contributed by atoms with van der Waals surface area (Å²) in [4.78, 5) is 0. The Morgan fingerprint density at radius 2 is 1.07 bits per heavy atom. The summed E-state index contributed by atoms with van der Waals surface area (Å²) in [6.07, 6.45) is 2.76.